The van der Waals surface area contributed by atoms with Gasteiger partial charge in [0.2, 0.25) is 0 Å². The molecule has 1 atom stereocenters. The largest absolute Gasteiger partial charge is 0.494 e. The second kappa shape index (κ2) is 11.7. The highest BCUT2D eigenvalue weighted by molar-refractivity contribution is 5.68. The number of carboxylic acids is 1. The number of methoxy groups -OCH3 is 2. The Morgan fingerprint density at radius 3 is 2.77 bits per heavy atom. The van der Waals surface area contributed by atoms with Gasteiger partial charge in [-0.15, -0.1) is 0 Å². The zero-order chi connectivity index (χ0) is 24.6. The van der Waals surface area contributed by atoms with Crippen molar-refractivity contribution in [1.29, 1.82) is 0 Å². The van der Waals surface area contributed by atoms with E-state index >= 15 is 0 Å². The Labute approximate surface area is 205 Å². The number of nitrogens with zero attached hydrogens (tertiary/aromatic N) is 2. The van der Waals surface area contributed by atoms with Gasteiger partial charge in [-0.25, -0.2) is 9.97 Å². The quantitative estimate of drug-likeness (QED) is 0.374. The van der Waals surface area contributed by atoms with E-state index in [2.05, 4.69) is 21.4 Å². The SMILES string of the molecule is COc1ccc(-c2nccc(CNCCCOc3ccc4c(c3)CC[C@H]4CC(=O)O)n2)cc1OC. The molecule has 0 radical (unpaired) electrons. The number of rotatable bonds is 12. The number of hydrogen-bond acceptors (Lipinski definition) is 7. The number of aromatic nitrogens is 2. The van der Waals surface area contributed by atoms with Crippen molar-refractivity contribution in [3.05, 3.63) is 65.5 Å². The molecule has 1 aromatic heterocycles. The van der Waals surface area contributed by atoms with Crippen molar-refractivity contribution < 1.29 is 24.1 Å². The van der Waals surface area contributed by atoms with Crippen LogP contribution < -0.4 is 19.5 Å². The maximum atomic E-state index is 11.0. The summed E-state index contributed by atoms with van der Waals surface area (Å²) in [5.41, 5.74) is 4.13. The van der Waals surface area contributed by atoms with Crippen LogP contribution in [0.5, 0.6) is 17.2 Å². The molecule has 1 aliphatic carbocycles. The summed E-state index contributed by atoms with van der Waals surface area (Å²) in [5, 5.41) is 12.5. The van der Waals surface area contributed by atoms with E-state index in [9.17, 15) is 4.79 Å². The summed E-state index contributed by atoms with van der Waals surface area (Å²) >= 11 is 0. The van der Waals surface area contributed by atoms with Crippen LogP contribution in [0, 0.1) is 0 Å². The summed E-state index contributed by atoms with van der Waals surface area (Å²) in [5.74, 6) is 2.16. The van der Waals surface area contributed by atoms with Crippen LogP contribution in [0.3, 0.4) is 0 Å². The van der Waals surface area contributed by atoms with Crippen LogP contribution >= 0.6 is 0 Å². The number of carboxylic acid groups (broad SMARTS) is 1. The van der Waals surface area contributed by atoms with Gasteiger partial charge < -0.3 is 24.6 Å². The fraction of sp³-hybridized carbons (Fsp3) is 0.370. The van der Waals surface area contributed by atoms with Gasteiger partial charge in [0.1, 0.15) is 5.75 Å². The van der Waals surface area contributed by atoms with Crippen LogP contribution in [0.25, 0.3) is 11.4 Å². The molecule has 0 aliphatic heterocycles. The Balaban J connectivity index is 1.22. The molecule has 0 saturated carbocycles. The minimum Gasteiger partial charge on any atom is -0.494 e. The number of fused-ring (bicyclic) bond motifs is 1. The van der Waals surface area contributed by atoms with E-state index in [4.69, 9.17) is 19.3 Å². The van der Waals surface area contributed by atoms with E-state index in [-0.39, 0.29) is 12.3 Å². The van der Waals surface area contributed by atoms with Gasteiger partial charge in [0, 0.05) is 18.3 Å². The fourth-order valence-electron chi connectivity index (χ4n) is 4.41. The van der Waals surface area contributed by atoms with Crippen molar-refractivity contribution in [3.63, 3.8) is 0 Å². The predicted octanol–water partition coefficient (Wildman–Crippen LogP) is 4.22. The van der Waals surface area contributed by atoms with Gasteiger partial charge in [0.15, 0.2) is 17.3 Å². The molecule has 8 nitrogen and oxygen atoms in total. The molecule has 0 fully saturated rings. The number of aryl methyl sites for hydroxylation is 1. The van der Waals surface area contributed by atoms with Crippen LogP contribution in [0.15, 0.2) is 48.7 Å². The number of carbonyl (C=O) groups is 1. The number of aliphatic carboxylic acids is 1. The lowest BCUT2D eigenvalue weighted by molar-refractivity contribution is -0.137. The van der Waals surface area contributed by atoms with E-state index in [1.807, 2.05) is 36.4 Å². The molecule has 8 heteroatoms. The van der Waals surface area contributed by atoms with Crippen molar-refractivity contribution in [2.24, 2.45) is 0 Å². The first-order valence-corrected chi connectivity index (χ1v) is 11.8. The molecule has 2 N–H and O–H groups in total. The smallest absolute Gasteiger partial charge is 0.303 e. The first kappa shape index (κ1) is 24.5. The lowest BCUT2D eigenvalue weighted by Gasteiger charge is -2.11. The highest BCUT2D eigenvalue weighted by Gasteiger charge is 2.24. The highest BCUT2D eigenvalue weighted by atomic mass is 16.5. The van der Waals surface area contributed by atoms with Crippen molar-refractivity contribution in [3.8, 4) is 28.6 Å². The Hall–Kier alpha value is -3.65. The first-order chi connectivity index (χ1) is 17.1. The van der Waals surface area contributed by atoms with Crippen molar-refractivity contribution >= 4 is 5.97 Å². The van der Waals surface area contributed by atoms with Crippen LogP contribution in [-0.4, -0.2) is 48.4 Å². The lowest BCUT2D eigenvalue weighted by Crippen LogP contribution is -2.18. The average Bonchev–Trinajstić information content (AvgIpc) is 3.27. The molecule has 0 saturated heterocycles. The Morgan fingerprint density at radius 2 is 1.97 bits per heavy atom. The van der Waals surface area contributed by atoms with Crippen molar-refractivity contribution in [1.82, 2.24) is 15.3 Å². The zero-order valence-electron chi connectivity index (χ0n) is 20.1. The summed E-state index contributed by atoms with van der Waals surface area (Å²) in [6.07, 6.45) is 4.61. The third kappa shape index (κ3) is 6.27. The highest BCUT2D eigenvalue weighted by Crippen LogP contribution is 2.37. The second-order valence-corrected chi connectivity index (χ2v) is 8.51. The third-order valence-corrected chi connectivity index (χ3v) is 6.17. The second-order valence-electron chi connectivity index (χ2n) is 8.51. The molecule has 1 heterocycles. The number of benzene rings is 2. The Bertz CT molecular complexity index is 1170. The molecule has 0 unspecified atom stereocenters. The summed E-state index contributed by atoms with van der Waals surface area (Å²) in [6, 6.07) is 13.6. The summed E-state index contributed by atoms with van der Waals surface area (Å²) < 4.78 is 16.6. The van der Waals surface area contributed by atoms with Crippen LogP contribution in [0.1, 0.15) is 42.0 Å². The van der Waals surface area contributed by atoms with Gasteiger partial charge in [0.25, 0.3) is 0 Å². The summed E-state index contributed by atoms with van der Waals surface area (Å²) in [7, 11) is 3.21. The molecule has 4 rings (SSSR count). The lowest BCUT2D eigenvalue weighted by atomic mass is 9.98. The number of nitrogens with one attached hydrogen (secondary N) is 1. The minimum absolute atomic E-state index is 0.120. The van der Waals surface area contributed by atoms with Gasteiger partial charge in [-0.2, -0.15) is 0 Å². The molecule has 184 valence electrons. The topological polar surface area (TPSA) is 103 Å². The molecular weight excluding hydrogens is 446 g/mol. The monoisotopic (exact) mass is 477 g/mol. The molecular formula is C27H31N3O5. The number of ether oxygens (including phenoxy) is 3. The van der Waals surface area contributed by atoms with Gasteiger partial charge >= 0.3 is 5.97 Å². The fourth-order valence-corrected chi connectivity index (χ4v) is 4.41. The van der Waals surface area contributed by atoms with E-state index in [1.165, 1.54) is 5.56 Å². The zero-order valence-corrected chi connectivity index (χ0v) is 20.1. The van der Waals surface area contributed by atoms with Crippen LogP contribution in [0.4, 0.5) is 0 Å². The van der Waals surface area contributed by atoms with Gasteiger partial charge in [-0.1, -0.05) is 6.07 Å². The van der Waals surface area contributed by atoms with Crippen molar-refractivity contribution in [2.75, 3.05) is 27.4 Å². The summed E-state index contributed by atoms with van der Waals surface area (Å²) in [4.78, 5) is 20.1. The molecule has 0 bridgehead atoms. The Kier molecular flexibility index (Phi) is 8.15. The van der Waals surface area contributed by atoms with E-state index < -0.39 is 5.97 Å². The third-order valence-electron chi connectivity index (χ3n) is 6.17. The number of hydrogen-bond donors (Lipinski definition) is 2. The maximum Gasteiger partial charge on any atom is 0.303 e. The minimum atomic E-state index is -0.741. The van der Waals surface area contributed by atoms with Gasteiger partial charge in [-0.3, -0.25) is 4.79 Å². The van der Waals surface area contributed by atoms with Crippen LogP contribution in [0.2, 0.25) is 0 Å². The maximum absolute atomic E-state index is 11.0. The normalized spacial score (nSPS) is 14.4. The predicted molar refractivity (Wildman–Crippen MR) is 132 cm³/mol. The molecule has 3 aromatic rings. The van der Waals surface area contributed by atoms with E-state index in [1.54, 1.807) is 20.4 Å². The van der Waals surface area contributed by atoms with Gasteiger partial charge in [0.05, 0.1) is 32.9 Å². The van der Waals surface area contributed by atoms with Gasteiger partial charge in [-0.05, 0) is 79.3 Å². The molecule has 1 aliphatic rings. The molecule has 0 spiro atoms. The van der Waals surface area contributed by atoms with Crippen molar-refractivity contribution in [2.45, 2.75) is 38.1 Å². The molecule has 35 heavy (non-hydrogen) atoms. The summed E-state index contributed by atoms with van der Waals surface area (Å²) in [6.45, 7) is 2.03. The first-order valence-electron chi connectivity index (χ1n) is 11.8. The molecule has 0 amide bonds. The average molecular weight is 478 g/mol. The van der Waals surface area contributed by atoms with E-state index in [0.29, 0.717) is 30.5 Å². The molecule has 2 aromatic carbocycles. The standard InChI is InChI=1S/C27H31N3O5/c1-33-24-9-6-20(15-25(24)34-2)27-29-12-10-21(30-27)17-28-11-3-13-35-22-7-8-23-18(14-22)4-5-19(23)16-26(31)32/h6-10,12,14-15,19,28H,3-5,11,13,16-17H2,1-2H3,(H,31,32)/t19-/m0/s1. The van der Waals surface area contributed by atoms with Crippen LogP contribution in [-0.2, 0) is 17.8 Å². The Morgan fingerprint density at radius 1 is 1.11 bits per heavy atom. The van der Waals surface area contributed by atoms with E-state index in [0.717, 1.165) is 48.4 Å².